The van der Waals surface area contributed by atoms with Gasteiger partial charge in [-0.25, -0.2) is 0 Å². The first-order valence-electron chi connectivity index (χ1n) is 8.25. The fraction of sp³-hybridized carbons (Fsp3) is 0.0909. The summed E-state index contributed by atoms with van der Waals surface area (Å²) in [5.41, 5.74) is 12.0. The first kappa shape index (κ1) is 14.6. The molecule has 2 N–H and O–H groups in total. The summed E-state index contributed by atoms with van der Waals surface area (Å²) in [4.78, 5) is 0. The number of benzene rings is 3. The molecule has 2 heteroatoms. The zero-order valence-corrected chi connectivity index (χ0v) is 13.5. The van der Waals surface area contributed by atoms with E-state index in [1.807, 2.05) is 6.07 Å². The first-order chi connectivity index (χ1) is 11.8. The molecule has 0 atom stereocenters. The molecule has 0 fully saturated rings. The number of anilines is 1. The molecule has 118 valence electrons. The highest BCUT2D eigenvalue weighted by molar-refractivity contribution is 5.84. The second-order valence-corrected chi connectivity index (χ2v) is 6.19. The predicted molar refractivity (Wildman–Crippen MR) is 101 cm³/mol. The molecule has 2 nitrogen and oxygen atoms in total. The van der Waals surface area contributed by atoms with E-state index in [-0.39, 0.29) is 0 Å². The zero-order chi connectivity index (χ0) is 16.4. The Morgan fingerprint density at radius 2 is 1.38 bits per heavy atom. The van der Waals surface area contributed by atoms with Crippen LogP contribution in [0.25, 0.3) is 10.9 Å². The summed E-state index contributed by atoms with van der Waals surface area (Å²) in [5, 5.41) is 1.21. The lowest BCUT2D eigenvalue weighted by atomic mass is 10.1. The van der Waals surface area contributed by atoms with Gasteiger partial charge in [0.25, 0.3) is 0 Å². The van der Waals surface area contributed by atoms with Crippen LogP contribution >= 0.6 is 0 Å². The van der Waals surface area contributed by atoms with Gasteiger partial charge in [0.05, 0.1) is 0 Å². The van der Waals surface area contributed by atoms with Gasteiger partial charge in [0.2, 0.25) is 0 Å². The molecule has 1 aromatic heterocycles. The van der Waals surface area contributed by atoms with Crippen molar-refractivity contribution in [2.24, 2.45) is 0 Å². The zero-order valence-electron chi connectivity index (χ0n) is 13.5. The Bertz CT molecular complexity index is 953. The van der Waals surface area contributed by atoms with Gasteiger partial charge >= 0.3 is 0 Å². The number of nitrogens with zero attached hydrogens (tertiary/aromatic N) is 1. The van der Waals surface area contributed by atoms with Crippen LogP contribution in [0.3, 0.4) is 0 Å². The molecule has 0 saturated heterocycles. The topological polar surface area (TPSA) is 30.9 Å². The highest BCUT2D eigenvalue weighted by Gasteiger charge is 2.10. The second-order valence-electron chi connectivity index (χ2n) is 6.19. The van der Waals surface area contributed by atoms with Crippen molar-refractivity contribution in [3.8, 4) is 0 Å². The van der Waals surface area contributed by atoms with Crippen LogP contribution in [-0.4, -0.2) is 4.57 Å². The summed E-state index contributed by atoms with van der Waals surface area (Å²) in [5.74, 6) is 0. The summed E-state index contributed by atoms with van der Waals surface area (Å²) in [7, 11) is 0. The molecule has 0 saturated carbocycles. The maximum absolute atomic E-state index is 5.98. The third-order valence-corrected chi connectivity index (χ3v) is 4.42. The molecule has 4 aromatic rings. The Balaban J connectivity index is 1.80. The molecular weight excluding hydrogens is 292 g/mol. The second kappa shape index (κ2) is 6.25. The van der Waals surface area contributed by atoms with Crippen molar-refractivity contribution >= 4 is 16.6 Å². The minimum atomic E-state index is 0.811. The van der Waals surface area contributed by atoms with Crippen molar-refractivity contribution in [3.05, 3.63) is 102 Å². The van der Waals surface area contributed by atoms with Gasteiger partial charge in [-0.1, -0.05) is 60.7 Å². The average molecular weight is 312 g/mol. The maximum Gasteiger partial charge on any atom is 0.0487 e. The lowest BCUT2D eigenvalue weighted by Gasteiger charge is -2.11. The number of hydrogen-bond acceptors (Lipinski definition) is 1. The van der Waals surface area contributed by atoms with E-state index < -0.39 is 0 Å². The summed E-state index contributed by atoms with van der Waals surface area (Å²) in [6.45, 7) is 0.871. The fourth-order valence-electron chi connectivity index (χ4n) is 3.25. The van der Waals surface area contributed by atoms with E-state index in [0.717, 1.165) is 18.7 Å². The molecule has 3 aromatic carbocycles. The summed E-state index contributed by atoms with van der Waals surface area (Å²) < 4.78 is 2.40. The summed E-state index contributed by atoms with van der Waals surface area (Å²) in [6, 6.07) is 29.6. The van der Waals surface area contributed by atoms with E-state index in [0.29, 0.717) is 0 Å². The molecule has 24 heavy (non-hydrogen) atoms. The molecule has 1 heterocycles. The van der Waals surface area contributed by atoms with E-state index in [1.54, 1.807) is 0 Å². The smallest absolute Gasteiger partial charge is 0.0487 e. The Hall–Kier alpha value is -3.00. The molecule has 0 aliphatic rings. The van der Waals surface area contributed by atoms with E-state index in [4.69, 9.17) is 5.73 Å². The molecule has 4 rings (SSSR count). The van der Waals surface area contributed by atoms with Crippen LogP contribution in [0, 0.1) is 0 Å². The number of rotatable bonds is 4. The van der Waals surface area contributed by atoms with Gasteiger partial charge < -0.3 is 10.3 Å². The summed E-state index contributed by atoms with van der Waals surface area (Å²) >= 11 is 0. The maximum atomic E-state index is 5.98. The molecule has 0 aliphatic heterocycles. The lowest BCUT2D eigenvalue weighted by Crippen LogP contribution is -2.05. The monoisotopic (exact) mass is 312 g/mol. The van der Waals surface area contributed by atoms with Crippen molar-refractivity contribution < 1.29 is 0 Å². The molecule has 0 bridgehead atoms. The molecular formula is C22H20N2. The van der Waals surface area contributed by atoms with Crippen LogP contribution in [0.4, 0.5) is 5.69 Å². The predicted octanol–water partition coefficient (Wildman–Crippen LogP) is 4.86. The number of aromatic nitrogens is 1. The van der Waals surface area contributed by atoms with Gasteiger partial charge in [0, 0.05) is 35.2 Å². The quantitative estimate of drug-likeness (QED) is 0.536. The average Bonchev–Trinajstić information content (AvgIpc) is 2.93. The summed E-state index contributed by atoms with van der Waals surface area (Å²) in [6.07, 6.45) is 0.919. The van der Waals surface area contributed by atoms with Crippen LogP contribution in [0.15, 0.2) is 84.9 Å². The molecule has 0 aliphatic carbocycles. The third kappa shape index (κ3) is 2.91. The van der Waals surface area contributed by atoms with E-state index in [1.165, 1.54) is 27.7 Å². The van der Waals surface area contributed by atoms with Gasteiger partial charge in [-0.2, -0.15) is 0 Å². The van der Waals surface area contributed by atoms with Crippen molar-refractivity contribution in [1.29, 1.82) is 0 Å². The van der Waals surface area contributed by atoms with Crippen LogP contribution in [0.1, 0.15) is 16.8 Å². The van der Waals surface area contributed by atoms with Gasteiger partial charge in [0.1, 0.15) is 0 Å². The van der Waals surface area contributed by atoms with Gasteiger partial charge in [-0.3, -0.25) is 0 Å². The van der Waals surface area contributed by atoms with Crippen LogP contribution in [-0.2, 0) is 13.0 Å². The van der Waals surface area contributed by atoms with Gasteiger partial charge in [0.15, 0.2) is 0 Å². The number of nitrogens with two attached hydrogens (primary N) is 1. The SMILES string of the molecule is Nc1ccc2c(c1)cc(Cc1ccccc1)n2Cc1ccccc1. The van der Waals surface area contributed by atoms with E-state index >= 15 is 0 Å². The largest absolute Gasteiger partial charge is 0.399 e. The van der Waals surface area contributed by atoms with Crippen molar-refractivity contribution in [3.63, 3.8) is 0 Å². The van der Waals surface area contributed by atoms with Gasteiger partial charge in [-0.05, 0) is 35.4 Å². The molecule has 0 radical (unpaired) electrons. The van der Waals surface area contributed by atoms with E-state index in [9.17, 15) is 0 Å². The highest BCUT2D eigenvalue weighted by atomic mass is 15.0. The van der Waals surface area contributed by atoms with Crippen molar-refractivity contribution in [1.82, 2.24) is 4.57 Å². The molecule has 0 spiro atoms. The van der Waals surface area contributed by atoms with Crippen molar-refractivity contribution in [2.75, 3.05) is 5.73 Å². The Morgan fingerprint density at radius 3 is 2.08 bits per heavy atom. The van der Waals surface area contributed by atoms with Crippen molar-refractivity contribution in [2.45, 2.75) is 13.0 Å². The fourth-order valence-corrected chi connectivity index (χ4v) is 3.25. The minimum Gasteiger partial charge on any atom is -0.399 e. The van der Waals surface area contributed by atoms with Crippen LogP contribution < -0.4 is 5.73 Å². The van der Waals surface area contributed by atoms with Gasteiger partial charge in [-0.15, -0.1) is 0 Å². The number of hydrogen-bond donors (Lipinski definition) is 1. The molecule has 0 amide bonds. The molecule has 0 unspecified atom stereocenters. The standard InChI is InChI=1S/C22H20N2/c23-20-11-12-22-19(14-20)15-21(13-17-7-3-1-4-8-17)24(22)16-18-9-5-2-6-10-18/h1-12,14-15H,13,16,23H2. The Kier molecular flexibility index (Phi) is 3.80. The normalized spacial score (nSPS) is 11.0. The Morgan fingerprint density at radius 1 is 0.708 bits per heavy atom. The number of fused-ring (bicyclic) bond motifs is 1. The first-order valence-corrected chi connectivity index (χ1v) is 8.25. The Labute approximate surface area is 142 Å². The highest BCUT2D eigenvalue weighted by Crippen LogP contribution is 2.25. The minimum absolute atomic E-state index is 0.811. The van der Waals surface area contributed by atoms with Crippen LogP contribution in [0.2, 0.25) is 0 Å². The number of nitrogen functional groups attached to an aromatic ring is 1. The third-order valence-electron chi connectivity index (χ3n) is 4.42. The van der Waals surface area contributed by atoms with E-state index in [2.05, 4.69) is 83.4 Å². The van der Waals surface area contributed by atoms with Crippen LogP contribution in [0.5, 0.6) is 0 Å². The lowest BCUT2D eigenvalue weighted by molar-refractivity contribution is 0.785.